The first-order chi connectivity index (χ1) is 22.6. The molecule has 3 aliphatic heterocycles. The zero-order valence-corrected chi connectivity index (χ0v) is 28.8. The van der Waals surface area contributed by atoms with Crippen molar-refractivity contribution in [1.29, 1.82) is 0 Å². The van der Waals surface area contributed by atoms with Crippen molar-refractivity contribution in [1.82, 2.24) is 0 Å². The van der Waals surface area contributed by atoms with Crippen LogP contribution in [-0.2, 0) is 52.1 Å². The summed E-state index contributed by atoms with van der Waals surface area (Å²) in [6.07, 6.45) is -19.6. The fraction of sp³-hybridized carbons (Fsp3) is 1.00. The topological polar surface area (TPSA) is 243 Å². The summed E-state index contributed by atoms with van der Waals surface area (Å²) in [4.78, 5) is 0. The molecule has 284 valence electrons. The molecule has 0 aromatic heterocycles. The van der Waals surface area contributed by atoms with Crippen LogP contribution >= 0.6 is 0 Å². The lowest BCUT2D eigenvalue weighted by Crippen LogP contribution is -2.72. The highest BCUT2D eigenvalue weighted by atomic mass is 16.8. The van der Waals surface area contributed by atoms with Gasteiger partial charge in [0.15, 0.2) is 17.9 Å². The molecule has 3 rings (SSSR count). The van der Waals surface area contributed by atoms with Crippen molar-refractivity contribution in [2.24, 2.45) is 0 Å². The molecule has 3 heterocycles. The van der Waals surface area contributed by atoms with Crippen LogP contribution in [0.15, 0.2) is 0 Å². The quantitative estimate of drug-likeness (QED) is 0.0782. The van der Waals surface area contributed by atoms with Gasteiger partial charge in [0.1, 0.15) is 73.2 Å². The number of ether oxygens (including phenoxy) is 11. The zero-order chi connectivity index (χ0) is 36.0. The molecule has 0 aromatic carbocycles. The number of hydrogen-bond donors (Lipinski definition) is 7. The van der Waals surface area contributed by atoms with Gasteiger partial charge < -0.3 is 87.9 Å². The predicted octanol–water partition coefficient (Wildman–Crippen LogP) is -3.37. The van der Waals surface area contributed by atoms with Crippen LogP contribution in [0.5, 0.6) is 0 Å². The summed E-state index contributed by atoms with van der Waals surface area (Å²) >= 11 is 0. The van der Waals surface area contributed by atoms with Gasteiger partial charge in [-0.1, -0.05) is 0 Å². The van der Waals surface area contributed by atoms with E-state index in [1.807, 2.05) is 0 Å². The molecule has 17 atom stereocenters. The Morgan fingerprint density at radius 2 is 1.21 bits per heavy atom. The Balaban J connectivity index is 1.98. The first-order valence-electron chi connectivity index (χ1n) is 15.9. The smallest absolute Gasteiger partial charge is 0.195 e. The number of methoxy groups -OCH3 is 4. The minimum Gasteiger partial charge on any atom is -0.391 e. The fourth-order valence-corrected chi connectivity index (χ4v) is 6.21. The molecule has 0 radical (unpaired) electrons. The lowest BCUT2D eigenvalue weighted by atomic mass is 9.89. The molecule has 0 bridgehead atoms. The monoisotopic (exact) mass is 704 g/mol. The lowest BCUT2D eigenvalue weighted by molar-refractivity contribution is -0.431. The minimum absolute atomic E-state index is 0.0570. The lowest BCUT2D eigenvalue weighted by Gasteiger charge is -2.55. The van der Waals surface area contributed by atoms with E-state index in [1.54, 1.807) is 6.92 Å². The van der Waals surface area contributed by atoms with Gasteiger partial charge in [0.2, 0.25) is 0 Å². The van der Waals surface area contributed by atoms with E-state index < -0.39 is 103 Å². The van der Waals surface area contributed by atoms with Crippen LogP contribution in [0.2, 0.25) is 0 Å². The first kappa shape index (κ1) is 41.7. The molecule has 0 aromatic rings. The molecule has 0 saturated carbocycles. The highest BCUT2D eigenvalue weighted by Gasteiger charge is 2.61. The molecule has 18 heteroatoms. The highest BCUT2D eigenvalue weighted by molar-refractivity contribution is 5.03. The fourth-order valence-electron chi connectivity index (χ4n) is 6.21. The Bertz CT molecular complexity index is 948. The van der Waals surface area contributed by atoms with E-state index >= 15 is 0 Å². The SMILES string of the molecule is COCC1O[C@@](C)(O[C@H]2C(O)C(O)[C@H](O)O[C@H]2COC)[C@@H](OCC(C)OC)C(O)[C@@H]1O[C@]1(C)O[C@@H](COCC(C)O)[C@@H](O)C(O)C1OC. The van der Waals surface area contributed by atoms with Gasteiger partial charge in [-0.05, 0) is 27.7 Å². The molecule has 0 amide bonds. The number of rotatable bonds is 17. The van der Waals surface area contributed by atoms with Gasteiger partial charge in [-0.3, -0.25) is 0 Å². The van der Waals surface area contributed by atoms with Crippen molar-refractivity contribution < 1.29 is 87.9 Å². The number of aliphatic hydroxyl groups excluding tert-OH is 7. The number of aliphatic hydroxyl groups is 7. The summed E-state index contributed by atoms with van der Waals surface area (Å²) in [6, 6.07) is 0. The van der Waals surface area contributed by atoms with Crippen molar-refractivity contribution >= 4 is 0 Å². The third-order valence-corrected chi connectivity index (χ3v) is 8.73. The third kappa shape index (κ3) is 9.58. The Labute approximate surface area is 280 Å². The van der Waals surface area contributed by atoms with Gasteiger partial charge >= 0.3 is 0 Å². The predicted molar refractivity (Wildman–Crippen MR) is 160 cm³/mol. The molecule has 3 fully saturated rings. The Morgan fingerprint density at radius 1 is 0.646 bits per heavy atom. The third-order valence-electron chi connectivity index (χ3n) is 8.73. The van der Waals surface area contributed by atoms with Gasteiger partial charge in [0.05, 0.1) is 45.2 Å². The average Bonchev–Trinajstić information content (AvgIpc) is 3.02. The maximum atomic E-state index is 12.0. The molecule has 0 spiro atoms. The summed E-state index contributed by atoms with van der Waals surface area (Å²) in [5, 5.41) is 74.9. The molecule has 0 aliphatic carbocycles. The Hall–Kier alpha value is -0.720. The largest absolute Gasteiger partial charge is 0.391 e. The first-order valence-corrected chi connectivity index (χ1v) is 15.9. The van der Waals surface area contributed by atoms with Crippen molar-refractivity contribution in [3.8, 4) is 0 Å². The van der Waals surface area contributed by atoms with Gasteiger partial charge in [-0.2, -0.15) is 0 Å². The maximum Gasteiger partial charge on any atom is 0.195 e. The molecule has 7 N–H and O–H groups in total. The van der Waals surface area contributed by atoms with E-state index in [1.165, 1.54) is 49.2 Å². The molecule has 8 unspecified atom stereocenters. The van der Waals surface area contributed by atoms with Crippen molar-refractivity contribution in [3.63, 3.8) is 0 Å². The molecule has 3 saturated heterocycles. The van der Waals surface area contributed by atoms with E-state index in [2.05, 4.69) is 0 Å². The van der Waals surface area contributed by atoms with Crippen molar-refractivity contribution in [2.75, 3.05) is 61.5 Å². The maximum absolute atomic E-state index is 12.0. The number of hydrogen-bond acceptors (Lipinski definition) is 18. The van der Waals surface area contributed by atoms with Gasteiger partial charge in [-0.25, -0.2) is 0 Å². The van der Waals surface area contributed by atoms with E-state index in [-0.39, 0.29) is 33.0 Å². The molecule has 3 aliphatic rings. The minimum atomic E-state index is -1.89. The van der Waals surface area contributed by atoms with Crippen LogP contribution in [-0.4, -0.2) is 201 Å². The molecule has 18 nitrogen and oxygen atoms in total. The van der Waals surface area contributed by atoms with E-state index in [0.717, 1.165) is 0 Å². The summed E-state index contributed by atoms with van der Waals surface area (Å²) in [6.45, 7) is 5.52. The van der Waals surface area contributed by atoms with Crippen molar-refractivity contribution in [2.45, 2.75) is 131 Å². The van der Waals surface area contributed by atoms with Crippen LogP contribution in [0, 0.1) is 0 Å². The standard InChI is InChI=1S/C30H56O18/c1-14(31)9-42-13-16-19(32)21(34)26(41-8)29(3,45-16)48-25-18(12-39-6)46-30(4,27(23(25)36)43-10-15(2)40-7)47-24-17(11-38-5)44-28(37)22(35)20(24)33/h14-28,31-37H,9-13H2,1-8H3/t14?,15?,16-,17-,18?,19+,20?,21?,22?,23?,24+,25+,26?,27-,28+,29-,30-/m0/s1. The average molecular weight is 705 g/mol. The summed E-state index contributed by atoms with van der Waals surface area (Å²) in [5.74, 6) is -3.72. The van der Waals surface area contributed by atoms with Crippen LogP contribution < -0.4 is 0 Å². The second kappa shape index (κ2) is 18.2. The van der Waals surface area contributed by atoms with Gasteiger partial charge in [-0.15, -0.1) is 0 Å². The van der Waals surface area contributed by atoms with E-state index in [4.69, 9.17) is 52.1 Å². The normalized spacial score (nSPS) is 45.2. The van der Waals surface area contributed by atoms with Crippen LogP contribution in [0.3, 0.4) is 0 Å². The summed E-state index contributed by atoms with van der Waals surface area (Å²) in [5.41, 5.74) is 0. The molecule has 48 heavy (non-hydrogen) atoms. The van der Waals surface area contributed by atoms with Crippen molar-refractivity contribution in [3.05, 3.63) is 0 Å². The van der Waals surface area contributed by atoms with Gasteiger partial charge in [0, 0.05) is 28.4 Å². The Morgan fingerprint density at radius 3 is 1.77 bits per heavy atom. The highest BCUT2D eigenvalue weighted by Crippen LogP contribution is 2.42. The van der Waals surface area contributed by atoms with Crippen LogP contribution in [0.4, 0.5) is 0 Å². The second-order valence-electron chi connectivity index (χ2n) is 12.8. The molecular weight excluding hydrogens is 648 g/mol. The van der Waals surface area contributed by atoms with Gasteiger partial charge in [0.25, 0.3) is 0 Å². The Kier molecular flexibility index (Phi) is 15.8. The van der Waals surface area contributed by atoms with Crippen LogP contribution in [0.1, 0.15) is 27.7 Å². The molecular formula is C30H56O18. The zero-order valence-electron chi connectivity index (χ0n) is 28.8. The summed E-state index contributed by atoms with van der Waals surface area (Å²) < 4.78 is 63.8. The second-order valence-corrected chi connectivity index (χ2v) is 12.8. The summed E-state index contributed by atoms with van der Waals surface area (Å²) in [7, 11) is 5.54. The van der Waals surface area contributed by atoms with E-state index in [9.17, 15) is 35.7 Å². The van der Waals surface area contributed by atoms with E-state index in [0.29, 0.717) is 0 Å². The van der Waals surface area contributed by atoms with Crippen LogP contribution in [0.25, 0.3) is 0 Å².